The van der Waals surface area contributed by atoms with Gasteiger partial charge in [0.1, 0.15) is 5.56 Å². The summed E-state index contributed by atoms with van der Waals surface area (Å²) in [7, 11) is 0. The lowest BCUT2D eigenvalue weighted by Gasteiger charge is -2.01. The van der Waals surface area contributed by atoms with Gasteiger partial charge in [-0.3, -0.25) is 0 Å². The first-order valence-corrected chi connectivity index (χ1v) is 5.60. The fraction of sp³-hybridized carbons (Fsp3) is 0.0625. The van der Waals surface area contributed by atoms with Gasteiger partial charge in [-0.15, -0.1) is 0 Å². The van der Waals surface area contributed by atoms with Gasteiger partial charge in [0.15, 0.2) is 0 Å². The second kappa shape index (κ2) is 3.57. The molecule has 0 spiro atoms. The van der Waals surface area contributed by atoms with Crippen LogP contribution in [0.1, 0.15) is 12.5 Å². The normalized spacial score (nSPS) is 10.8. The zero-order valence-corrected chi connectivity index (χ0v) is 9.27. The van der Waals surface area contributed by atoms with E-state index in [1.165, 1.54) is 27.1 Å². The zero-order chi connectivity index (χ0) is 11.0. The molecular weight excluding hydrogens is 192 g/mol. The average molecular weight is 205 g/mol. The third-order valence-corrected chi connectivity index (χ3v) is 3.10. The van der Waals surface area contributed by atoms with Gasteiger partial charge in [0.25, 0.3) is 0 Å². The van der Waals surface area contributed by atoms with Gasteiger partial charge < -0.3 is 0 Å². The molecule has 3 aromatic carbocycles. The molecular formula is C16H13+. The average Bonchev–Trinajstić information content (AvgIpc) is 2.36. The first kappa shape index (κ1) is 9.29. The number of fused-ring (bicyclic) bond motifs is 2. The molecule has 0 saturated carbocycles. The highest BCUT2D eigenvalue weighted by Crippen LogP contribution is 2.29. The van der Waals surface area contributed by atoms with E-state index in [1.807, 2.05) is 0 Å². The lowest BCUT2D eigenvalue weighted by atomic mass is 9.95. The van der Waals surface area contributed by atoms with Crippen molar-refractivity contribution in [2.75, 3.05) is 0 Å². The van der Waals surface area contributed by atoms with Crippen molar-refractivity contribution in [2.45, 2.75) is 6.92 Å². The Morgan fingerprint density at radius 1 is 0.750 bits per heavy atom. The van der Waals surface area contributed by atoms with E-state index >= 15 is 0 Å². The van der Waals surface area contributed by atoms with Crippen molar-refractivity contribution in [1.29, 1.82) is 0 Å². The molecule has 0 heterocycles. The molecule has 0 heteroatoms. The molecule has 0 nitrogen and oxygen atoms in total. The van der Waals surface area contributed by atoms with Crippen molar-refractivity contribution in [2.24, 2.45) is 0 Å². The van der Waals surface area contributed by atoms with Crippen LogP contribution in [0.2, 0.25) is 0 Å². The molecule has 76 valence electrons. The highest BCUT2D eigenvalue weighted by Gasteiger charge is 2.13. The summed E-state index contributed by atoms with van der Waals surface area (Å²) in [4.78, 5) is 0. The number of hydrogen-bond acceptors (Lipinski definition) is 0. The summed E-state index contributed by atoms with van der Waals surface area (Å²) >= 11 is 0. The largest absolute Gasteiger partial charge is 0.145 e. The summed E-state index contributed by atoms with van der Waals surface area (Å²) < 4.78 is 0. The van der Waals surface area contributed by atoms with E-state index < -0.39 is 0 Å². The predicted molar refractivity (Wildman–Crippen MR) is 70.5 cm³/mol. The van der Waals surface area contributed by atoms with Crippen LogP contribution in [0.4, 0.5) is 0 Å². The van der Waals surface area contributed by atoms with Gasteiger partial charge in [-0.05, 0) is 30.3 Å². The standard InChI is InChI=1S/C16H13/c1-2-14-15-9-5-3-7-12(15)11-13-8-4-6-10-16(13)14/h2-11H,1H3/q+1. The van der Waals surface area contributed by atoms with Crippen molar-refractivity contribution >= 4 is 21.5 Å². The smallest absolute Gasteiger partial charge is 0.0593 e. The maximum Gasteiger partial charge on any atom is 0.145 e. The van der Waals surface area contributed by atoms with Crippen LogP contribution in [-0.2, 0) is 0 Å². The lowest BCUT2D eigenvalue weighted by Crippen LogP contribution is -1.85. The van der Waals surface area contributed by atoms with Crippen molar-refractivity contribution < 1.29 is 0 Å². The minimum absolute atomic E-state index is 1.31. The lowest BCUT2D eigenvalue weighted by molar-refractivity contribution is 1.49. The Morgan fingerprint density at radius 3 is 1.75 bits per heavy atom. The van der Waals surface area contributed by atoms with Crippen LogP contribution in [0.3, 0.4) is 0 Å². The molecule has 0 amide bonds. The Morgan fingerprint density at radius 2 is 1.25 bits per heavy atom. The molecule has 3 aromatic rings. The quantitative estimate of drug-likeness (QED) is 0.403. The minimum atomic E-state index is 1.31. The highest BCUT2D eigenvalue weighted by atomic mass is 14.1. The van der Waals surface area contributed by atoms with E-state index in [-0.39, 0.29) is 0 Å². The molecule has 0 aliphatic carbocycles. The number of hydrogen-bond donors (Lipinski definition) is 0. The third-order valence-electron chi connectivity index (χ3n) is 3.10. The van der Waals surface area contributed by atoms with Gasteiger partial charge in [0, 0.05) is 36.2 Å². The van der Waals surface area contributed by atoms with Crippen LogP contribution in [0.25, 0.3) is 21.5 Å². The molecule has 16 heavy (non-hydrogen) atoms. The van der Waals surface area contributed by atoms with E-state index in [0.717, 1.165) is 0 Å². The molecule has 0 atom stereocenters. The fourth-order valence-electron chi connectivity index (χ4n) is 2.36. The van der Waals surface area contributed by atoms with Gasteiger partial charge in [0.05, 0.1) is 10.8 Å². The Kier molecular flexibility index (Phi) is 2.07. The first-order chi connectivity index (χ1) is 7.90. The fourth-order valence-corrected chi connectivity index (χ4v) is 2.36. The maximum atomic E-state index is 2.26. The van der Waals surface area contributed by atoms with E-state index in [9.17, 15) is 0 Å². The second-order valence-corrected chi connectivity index (χ2v) is 4.02. The summed E-state index contributed by atoms with van der Waals surface area (Å²) in [5, 5.41) is 5.30. The third kappa shape index (κ3) is 1.27. The minimum Gasteiger partial charge on any atom is -0.0593 e. The van der Waals surface area contributed by atoms with Crippen LogP contribution >= 0.6 is 0 Å². The van der Waals surface area contributed by atoms with Crippen LogP contribution in [0.15, 0.2) is 54.6 Å². The van der Waals surface area contributed by atoms with Gasteiger partial charge in [0.2, 0.25) is 0 Å². The molecule has 0 fully saturated rings. The van der Waals surface area contributed by atoms with E-state index in [1.54, 1.807) is 0 Å². The summed E-state index contributed by atoms with van der Waals surface area (Å²) in [5.41, 5.74) is 1.34. The van der Waals surface area contributed by atoms with E-state index in [4.69, 9.17) is 0 Å². The molecule has 0 saturated heterocycles. The Labute approximate surface area is 95.5 Å². The monoisotopic (exact) mass is 205 g/mol. The van der Waals surface area contributed by atoms with Crippen molar-refractivity contribution in [3.8, 4) is 0 Å². The van der Waals surface area contributed by atoms with Crippen molar-refractivity contribution in [3.63, 3.8) is 0 Å². The summed E-state index contributed by atoms with van der Waals surface area (Å²) in [5.74, 6) is 0. The Bertz CT molecular complexity index is 596. The van der Waals surface area contributed by atoms with Gasteiger partial charge in [-0.1, -0.05) is 12.1 Å². The highest BCUT2D eigenvalue weighted by molar-refractivity contribution is 6.03. The molecule has 0 N–H and O–H groups in total. The zero-order valence-electron chi connectivity index (χ0n) is 9.27. The number of benzene rings is 3. The van der Waals surface area contributed by atoms with Crippen LogP contribution in [0.5, 0.6) is 0 Å². The maximum absolute atomic E-state index is 2.26. The van der Waals surface area contributed by atoms with E-state index in [2.05, 4.69) is 67.9 Å². The van der Waals surface area contributed by atoms with Gasteiger partial charge in [-0.2, -0.15) is 0 Å². The molecule has 3 rings (SSSR count). The summed E-state index contributed by atoms with van der Waals surface area (Å²) in [6, 6.07) is 19.4. The van der Waals surface area contributed by atoms with Crippen LogP contribution < -0.4 is 0 Å². The van der Waals surface area contributed by atoms with Crippen molar-refractivity contribution in [3.05, 3.63) is 66.6 Å². The van der Waals surface area contributed by atoms with Gasteiger partial charge >= 0.3 is 0 Å². The van der Waals surface area contributed by atoms with Crippen LogP contribution in [-0.4, -0.2) is 0 Å². The molecule has 0 aromatic heterocycles. The molecule has 0 radical (unpaired) electrons. The Balaban J connectivity index is 2.56. The first-order valence-electron chi connectivity index (χ1n) is 5.60. The van der Waals surface area contributed by atoms with Crippen molar-refractivity contribution in [1.82, 2.24) is 0 Å². The topological polar surface area (TPSA) is 0 Å². The Hall–Kier alpha value is -1.95. The van der Waals surface area contributed by atoms with Gasteiger partial charge in [-0.25, -0.2) is 0 Å². The molecule has 0 aliphatic rings. The molecule has 0 bridgehead atoms. The molecule has 0 unspecified atom stereocenters. The predicted octanol–water partition coefficient (Wildman–Crippen LogP) is 4.57. The van der Waals surface area contributed by atoms with Crippen LogP contribution in [0, 0.1) is 6.42 Å². The number of rotatable bonds is 1. The molecule has 0 aliphatic heterocycles. The van der Waals surface area contributed by atoms with E-state index in [0.29, 0.717) is 0 Å². The SMILES string of the molecule is C[CH+]c1c2ccccc2cc2ccccc12. The summed E-state index contributed by atoms with van der Waals surface area (Å²) in [6.07, 6.45) is 2.20. The summed E-state index contributed by atoms with van der Waals surface area (Å²) in [6.45, 7) is 2.11. The second-order valence-electron chi connectivity index (χ2n) is 4.02.